The van der Waals surface area contributed by atoms with Crippen LogP contribution in [0.15, 0.2) is 0 Å². The second-order valence-electron chi connectivity index (χ2n) is 9.53. The molecule has 5 fully saturated rings. The molecule has 5 rings (SSSR count). The van der Waals surface area contributed by atoms with Gasteiger partial charge in [-0.2, -0.15) is 0 Å². The zero-order valence-corrected chi connectivity index (χ0v) is 13.9. The zero-order valence-electron chi connectivity index (χ0n) is 13.9. The number of hydrogen-bond acceptors (Lipinski definition) is 3. The van der Waals surface area contributed by atoms with Gasteiger partial charge >= 0.3 is 0 Å². The monoisotopic (exact) mass is 306 g/mol. The van der Waals surface area contributed by atoms with Crippen LogP contribution in [-0.4, -0.2) is 34.6 Å². The molecule has 10 atom stereocenters. The molecule has 10 unspecified atom stereocenters. The van der Waals surface area contributed by atoms with Gasteiger partial charge in [-0.25, -0.2) is 0 Å². The van der Waals surface area contributed by atoms with E-state index in [0.29, 0.717) is 35.4 Å². The lowest BCUT2D eigenvalue weighted by molar-refractivity contribution is -0.120. The minimum atomic E-state index is -0.110. The zero-order chi connectivity index (χ0) is 15.3. The number of aliphatic hydroxyl groups is 2. The molecule has 0 bridgehead atoms. The summed E-state index contributed by atoms with van der Waals surface area (Å²) >= 11 is 0. The molecule has 1 aliphatic heterocycles. The molecule has 4 aliphatic carbocycles. The van der Waals surface area contributed by atoms with Crippen molar-refractivity contribution in [1.29, 1.82) is 0 Å². The molecule has 4 saturated carbocycles. The molecule has 0 radical (unpaired) electrons. The van der Waals surface area contributed by atoms with Crippen LogP contribution in [0.25, 0.3) is 0 Å². The summed E-state index contributed by atoms with van der Waals surface area (Å²) < 4.78 is 6.23. The molecule has 22 heavy (non-hydrogen) atoms. The Hall–Kier alpha value is -0.120. The van der Waals surface area contributed by atoms with Crippen molar-refractivity contribution in [3.8, 4) is 0 Å². The van der Waals surface area contributed by atoms with E-state index in [1.165, 1.54) is 25.7 Å². The molecule has 5 aliphatic rings. The summed E-state index contributed by atoms with van der Waals surface area (Å²) in [4.78, 5) is 0. The Balaban J connectivity index is 1.52. The van der Waals surface area contributed by atoms with Gasteiger partial charge in [0.2, 0.25) is 0 Å². The molecule has 0 aromatic rings. The lowest BCUT2D eigenvalue weighted by Gasteiger charge is -2.59. The fourth-order valence-corrected chi connectivity index (χ4v) is 7.48. The molecule has 3 nitrogen and oxygen atoms in total. The van der Waals surface area contributed by atoms with Gasteiger partial charge < -0.3 is 14.9 Å². The second-order valence-corrected chi connectivity index (χ2v) is 9.53. The van der Waals surface area contributed by atoms with E-state index in [1.54, 1.807) is 0 Å². The van der Waals surface area contributed by atoms with Crippen LogP contribution < -0.4 is 0 Å². The van der Waals surface area contributed by atoms with Crippen molar-refractivity contribution in [2.45, 2.75) is 83.2 Å². The van der Waals surface area contributed by atoms with Crippen LogP contribution in [0, 0.1) is 34.5 Å². The molecule has 124 valence electrons. The highest BCUT2D eigenvalue weighted by molar-refractivity contribution is 5.18. The van der Waals surface area contributed by atoms with E-state index in [9.17, 15) is 10.2 Å². The fourth-order valence-electron chi connectivity index (χ4n) is 7.48. The Morgan fingerprint density at radius 3 is 2.36 bits per heavy atom. The summed E-state index contributed by atoms with van der Waals surface area (Å²) in [6.45, 7) is 4.83. The van der Waals surface area contributed by atoms with Gasteiger partial charge in [0.15, 0.2) is 0 Å². The lowest BCUT2D eigenvalue weighted by atomic mass is 9.45. The maximum atomic E-state index is 10.5. The highest BCUT2D eigenvalue weighted by Crippen LogP contribution is 2.70. The highest BCUT2D eigenvalue weighted by Gasteiger charge is 2.70. The maximum absolute atomic E-state index is 10.5. The van der Waals surface area contributed by atoms with Crippen LogP contribution >= 0.6 is 0 Å². The van der Waals surface area contributed by atoms with Crippen LogP contribution in [-0.2, 0) is 4.74 Å². The van der Waals surface area contributed by atoms with Gasteiger partial charge in [-0.3, -0.25) is 0 Å². The summed E-state index contributed by atoms with van der Waals surface area (Å²) in [7, 11) is 0. The molecule has 1 saturated heterocycles. The van der Waals surface area contributed by atoms with Crippen molar-refractivity contribution >= 4 is 0 Å². The third-order valence-electron chi connectivity index (χ3n) is 8.86. The standard InChI is InChI=1S/C19H30O3/c1-18-7-5-10(20)9-13(18)16-17(22-16)15-11-3-4-14(21)19(11,2)8-6-12(15)18/h10-17,20-21H,3-9H2,1-2H3. The minimum Gasteiger partial charge on any atom is -0.393 e. The van der Waals surface area contributed by atoms with E-state index < -0.39 is 0 Å². The number of ether oxygens (including phenoxy) is 1. The Morgan fingerprint density at radius 1 is 0.818 bits per heavy atom. The van der Waals surface area contributed by atoms with Crippen LogP contribution in [0.4, 0.5) is 0 Å². The number of rotatable bonds is 0. The van der Waals surface area contributed by atoms with Crippen LogP contribution in [0.5, 0.6) is 0 Å². The first kappa shape index (κ1) is 14.2. The smallest absolute Gasteiger partial charge is 0.0879 e. The van der Waals surface area contributed by atoms with E-state index in [4.69, 9.17) is 4.74 Å². The van der Waals surface area contributed by atoms with Gasteiger partial charge in [0.1, 0.15) is 0 Å². The average molecular weight is 306 g/mol. The summed E-state index contributed by atoms with van der Waals surface area (Å²) in [5.41, 5.74) is 0.492. The van der Waals surface area contributed by atoms with E-state index in [1.807, 2.05) is 0 Å². The maximum Gasteiger partial charge on any atom is 0.0879 e. The van der Waals surface area contributed by atoms with E-state index >= 15 is 0 Å². The first-order valence-corrected chi connectivity index (χ1v) is 9.47. The van der Waals surface area contributed by atoms with Crippen molar-refractivity contribution in [3.05, 3.63) is 0 Å². The molecule has 2 N–H and O–H groups in total. The molecule has 0 aromatic carbocycles. The molecule has 0 aromatic heterocycles. The largest absolute Gasteiger partial charge is 0.393 e. The quantitative estimate of drug-likeness (QED) is 0.677. The predicted octanol–water partition coefficient (Wildman–Crippen LogP) is 2.74. The topological polar surface area (TPSA) is 53.0 Å². The summed E-state index contributed by atoms with van der Waals surface area (Å²) in [6.07, 6.45) is 8.32. The Labute approximate surface area is 133 Å². The lowest BCUT2D eigenvalue weighted by Crippen LogP contribution is -2.57. The molecule has 1 heterocycles. The van der Waals surface area contributed by atoms with Gasteiger partial charge in [-0.15, -0.1) is 0 Å². The van der Waals surface area contributed by atoms with Crippen LogP contribution in [0.1, 0.15) is 58.8 Å². The van der Waals surface area contributed by atoms with Crippen molar-refractivity contribution in [2.24, 2.45) is 34.5 Å². The van der Waals surface area contributed by atoms with Gasteiger partial charge in [0, 0.05) is 0 Å². The van der Waals surface area contributed by atoms with E-state index in [-0.39, 0.29) is 17.6 Å². The van der Waals surface area contributed by atoms with Gasteiger partial charge in [-0.1, -0.05) is 13.8 Å². The summed E-state index contributed by atoms with van der Waals surface area (Å²) in [5.74, 6) is 2.63. The molecular formula is C19H30O3. The highest BCUT2D eigenvalue weighted by atomic mass is 16.6. The van der Waals surface area contributed by atoms with Crippen molar-refractivity contribution in [1.82, 2.24) is 0 Å². The first-order chi connectivity index (χ1) is 10.4. The van der Waals surface area contributed by atoms with Crippen molar-refractivity contribution in [2.75, 3.05) is 0 Å². The normalized spacial score (nSPS) is 66.0. The third kappa shape index (κ3) is 1.58. The molecule has 0 amide bonds. The number of fused-ring (bicyclic) bond motifs is 8. The number of hydrogen-bond donors (Lipinski definition) is 2. The third-order valence-corrected chi connectivity index (χ3v) is 8.86. The van der Waals surface area contributed by atoms with Gasteiger partial charge in [0.25, 0.3) is 0 Å². The van der Waals surface area contributed by atoms with Crippen LogP contribution in [0.2, 0.25) is 0 Å². The molecular weight excluding hydrogens is 276 g/mol. The van der Waals surface area contributed by atoms with E-state index in [2.05, 4.69) is 13.8 Å². The van der Waals surface area contributed by atoms with Crippen molar-refractivity contribution in [3.63, 3.8) is 0 Å². The van der Waals surface area contributed by atoms with Gasteiger partial charge in [-0.05, 0) is 79.4 Å². The Kier molecular flexibility index (Phi) is 2.77. The molecule has 0 spiro atoms. The Bertz CT molecular complexity index is 493. The summed E-state index contributed by atoms with van der Waals surface area (Å²) in [6, 6.07) is 0. The van der Waals surface area contributed by atoms with Crippen molar-refractivity contribution < 1.29 is 14.9 Å². The number of aliphatic hydroxyl groups excluding tert-OH is 2. The SMILES string of the molecule is CC12CCC3C(C4OC4C4CC(O)CCC43C)C1CCC2O. The second kappa shape index (κ2) is 4.29. The minimum absolute atomic E-state index is 0.102. The predicted molar refractivity (Wildman–Crippen MR) is 83.2 cm³/mol. The fraction of sp³-hybridized carbons (Fsp3) is 1.00. The number of epoxide rings is 1. The van der Waals surface area contributed by atoms with Crippen LogP contribution in [0.3, 0.4) is 0 Å². The van der Waals surface area contributed by atoms with E-state index in [0.717, 1.165) is 25.2 Å². The average Bonchev–Trinajstić information content (AvgIpc) is 3.22. The Morgan fingerprint density at radius 2 is 1.55 bits per heavy atom. The summed E-state index contributed by atoms with van der Waals surface area (Å²) in [5, 5.41) is 20.7. The molecule has 3 heteroatoms. The van der Waals surface area contributed by atoms with Gasteiger partial charge in [0.05, 0.1) is 24.4 Å². The first-order valence-electron chi connectivity index (χ1n) is 9.47.